The summed E-state index contributed by atoms with van der Waals surface area (Å²) >= 11 is 0. The van der Waals surface area contributed by atoms with Crippen LogP contribution in [0.5, 0.6) is 5.75 Å². The molecule has 170 valence electrons. The van der Waals surface area contributed by atoms with Crippen molar-refractivity contribution >= 4 is 17.5 Å². The molecule has 1 heterocycles. The number of nitrogens with one attached hydrogen (secondary N) is 1. The molecular formula is C23H24F3N3O3. The Balaban J connectivity index is 1.59. The highest BCUT2D eigenvalue weighted by Gasteiger charge is 2.47. The topological polar surface area (TPSA) is 84.7 Å². The Kier molecular flexibility index (Phi) is 5.62. The second kappa shape index (κ2) is 8.12. The number of hydrogen-bond donors (Lipinski definition) is 2. The summed E-state index contributed by atoms with van der Waals surface area (Å²) in [6.07, 6.45) is -2.75. The molecule has 1 aliphatic heterocycles. The Morgan fingerprint density at radius 1 is 1.19 bits per heavy atom. The minimum atomic E-state index is -4.75. The van der Waals surface area contributed by atoms with Crippen LogP contribution in [0.1, 0.15) is 36.3 Å². The van der Waals surface area contributed by atoms with E-state index in [1.165, 1.54) is 17.0 Å². The minimum Gasteiger partial charge on any atom is -0.406 e. The van der Waals surface area contributed by atoms with Crippen LogP contribution in [0.3, 0.4) is 0 Å². The average molecular weight is 447 g/mol. The summed E-state index contributed by atoms with van der Waals surface area (Å²) in [6.45, 7) is 0. The molecule has 1 aliphatic carbocycles. The molecule has 1 fully saturated rings. The molecule has 9 heteroatoms. The first kappa shape index (κ1) is 22.1. The molecule has 0 spiro atoms. The number of nitrogens with two attached hydrogens (primary N) is 1. The highest BCUT2D eigenvalue weighted by Crippen LogP contribution is 2.38. The molecule has 2 aliphatic rings. The molecule has 2 aromatic rings. The van der Waals surface area contributed by atoms with Crippen LogP contribution < -0.4 is 20.7 Å². The van der Waals surface area contributed by atoms with E-state index in [9.17, 15) is 22.8 Å². The summed E-state index contributed by atoms with van der Waals surface area (Å²) in [6, 6.07) is 12.4. The van der Waals surface area contributed by atoms with Gasteiger partial charge in [0.1, 0.15) is 11.8 Å². The molecule has 4 rings (SSSR count). The molecule has 1 unspecified atom stereocenters. The molecule has 0 radical (unpaired) electrons. The molecule has 0 aromatic heterocycles. The lowest BCUT2D eigenvalue weighted by Crippen LogP contribution is -2.52. The first-order valence-electron chi connectivity index (χ1n) is 10.4. The Bertz CT molecular complexity index is 1020. The number of para-hydroxylation sites is 1. The summed E-state index contributed by atoms with van der Waals surface area (Å²) in [7, 11) is 1.67. The number of alkyl halides is 3. The van der Waals surface area contributed by atoms with E-state index in [0.717, 1.165) is 16.8 Å². The summed E-state index contributed by atoms with van der Waals surface area (Å²) in [5.74, 6) is -0.998. The van der Waals surface area contributed by atoms with Gasteiger partial charge in [-0.3, -0.25) is 9.59 Å². The number of fused-ring (bicyclic) bond motifs is 1. The SMILES string of the molecule is CN1C(=O)[C@H](NC(=O)C2(N)CC2)CC(Cc2ccc(OC(F)(F)F)cc2)c2ccccc21. The van der Waals surface area contributed by atoms with E-state index in [1.54, 1.807) is 19.2 Å². The first-order chi connectivity index (χ1) is 15.1. The highest BCUT2D eigenvalue weighted by atomic mass is 19.4. The summed E-state index contributed by atoms with van der Waals surface area (Å²) < 4.78 is 41.2. The van der Waals surface area contributed by atoms with E-state index in [1.807, 2.05) is 24.3 Å². The van der Waals surface area contributed by atoms with Crippen LogP contribution in [0, 0.1) is 0 Å². The standard InChI is InChI=1S/C23H24F3N3O3/c1-29-19-5-3-2-4-17(19)15(12-14-6-8-16(9-7-14)32-23(24,25)26)13-18(20(29)30)28-21(31)22(27)10-11-22/h2-9,15,18H,10-13,27H2,1H3,(H,28,31)/t15?,18-/m1/s1. The third-order valence-electron chi connectivity index (χ3n) is 6.07. The number of nitrogens with zero attached hydrogens (tertiary/aromatic N) is 1. The fourth-order valence-corrected chi connectivity index (χ4v) is 4.09. The molecule has 2 aromatic carbocycles. The smallest absolute Gasteiger partial charge is 0.406 e. The number of likely N-dealkylation sites (N-methyl/N-ethyl adjacent to an activating group) is 1. The van der Waals surface area contributed by atoms with Gasteiger partial charge >= 0.3 is 6.36 Å². The third-order valence-corrected chi connectivity index (χ3v) is 6.07. The molecule has 3 N–H and O–H groups in total. The number of carbonyl (C=O) groups is 2. The molecule has 1 saturated carbocycles. The first-order valence-corrected chi connectivity index (χ1v) is 10.4. The monoisotopic (exact) mass is 447 g/mol. The van der Waals surface area contributed by atoms with Crippen molar-refractivity contribution in [3.63, 3.8) is 0 Å². The fourth-order valence-electron chi connectivity index (χ4n) is 4.09. The molecular weight excluding hydrogens is 423 g/mol. The highest BCUT2D eigenvalue weighted by molar-refractivity contribution is 6.01. The largest absolute Gasteiger partial charge is 0.573 e. The lowest BCUT2D eigenvalue weighted by molar-refractivity contribution is -0.274. The number of hydrogen-bond acceptors (Lipinski definition) is 4. The summed E-state index contributed by atoms with van der Waals surface area (Å²) in [4.78, 5) is 27.2. The maximum absolute atomic E-state index is 13.1. The number of halogens is 3. The summed E-state index contributed by atoms with van der Waals surface area (Å²) in [5, 5.41) is 2.83. The molecule has 6 nitrogen and oxygen atoms in total. The van der Waals surface area contributed by atoms with Crippen molar-refractivity contribution in [2.75, 3.05) is 11.9 Å². The van der Waals surface area contributed by atoms with Crippen molar-refractivity contribution in [2.24, 2.45) is 5.73 Å². The Morgan fingerprint density at radius 2 is 1.84 bits per heavy atom. The van der Waals surface area contributed by atoms with Crippen molar-refractivity contribution in [3.05, 3.63) is 59.7 Å². The van der Waals surface area contributed by atoms with Gasteiger partial charge < -0.3 is 20.7 Å². The van der Waals surface area contributed by atoms with Crippen LogP contribution in [0.2, 0.25) is 0 Å². The van der Waals surface area contributed by atoms with Gasteiger partial charge in [-0.05, 0) is 60.9 Å². The van der Waals surface area contributed by atoms with Crippen LogP contribution in [-0.2, 0) is 16.0 Å². The zero-order valence-electron chi connectivity index (χ0n) is 17.5. The van der Waals surface area contributed by atoms with E-state index in [-0.39, 0.29) is 23.5 Å². The molecule has 0 bridgehead atoms. The van der Waals surface area contributed by atoms with Crippen molar-refractivity contribution in [1.29, 1.82) is 0 Å². The number of ether oxygens (including phenoxy) is 1. The van der Waals surface area contributed by atoms with Crippen LogP contribution in [0.25, 0.3) is 0 Å². The zero-order valence-corrected chi connectivity index (χ0v) is 17.5. The molecule has 32 heavy (non-hydrogen) atoms. The second-order valence-corrected chi connectivity index (χ2v) is 8.47. The lowest BCUT2D eigenvalue weighted by atomic mass is 9.86. The molecule has 0 saturated heterocycles. The number of rotatable bonds is 5. The van der Waals surface area contributed by atoms with Gasteiger partial charge in [-0.2, -0.15) is 0 Å². The number of anilines is 1. The predicted octanol–water partition coefficient (Wildman–Crippen LogP) is 3.25. The number of benzene rings is 2. The minimum absolute atomic E-state index is 0.146. The number of carbonyl (C=O) groups excluding carboxylic acids is 2. The van der Waals surface area contributed by atoms with Crippen molar-refractivity contribution in [1.82, 2.24) is 5.32 Å². The fraction of sp³-hybridized carbons (Fsp3) is 0.391. The van der Waals surface area contributed by atoms with Gasteiger partial charge in [-0.15, -0.1) is 13.2 Å². The van der Waals surface area contributed by atoms with Crippen LogP contribution in [-0.4, -0.2) is 36.8 Å². The maximum atomic E-state index is 13.1. The quantitative estimate of drug-likeness (QED) is 0.737. The van der Waals surface area contributed by atoms with Gasteiger partial charge in [-0.25, -0.2) is 0 Å². The molecule has 2 atom stereocenters. The Labute approximate surface area is 183 Å². The van der Waals surface area contributed by atoms with Crippen molar-refractivity contribution in [3.8, 4) is 5.75 Å². The van der Waals surface area contributed by atoms with Gasteiger partial charge in [0, 0.05) is 12.7 Å². The van der Waals surface area contributed by atoms with Gasteiger partial charge in [0.25, 0.3) is 0 Å². The zero-order chi connectivity index (χ0) is 23.1. The average Bonchev–Trinajstić information content (AvgIpc) is 3.51. The van der Waals surface area contributed by atoms with Crippen molar-refractivity contribution < 1.29 is 27.5 Å². The summed E-state index contributed by atoms with van der Waals surface area (Å²) in [5.41, 5.74) is 7.56. The van der Waals surface area contributed by atoms with E-state index in [2.05, 4.69) is 10.1 Å². The van der Waals surface area contributed by atoms with Gasteiger partial charge in [0.05, 0.1) is 5.54 Å². The van der Waals surface area contributed by atoms with Crippen LogP contribution >= 0.6 is 0 Å². The Hall–Kier alpha value is -3.07. The van der Waals surface area contributed by atoms with E-state index >= 15 is 0 Å². The molecule has 2 amide bonds. The van der Waals surface area contributed by atoms with Gasteiger partial charge in [0.15, 0.2) is 0 Å². The van der Waals surface area contributed by atoms with Gasteiger partial charge in [0.2, 0.25) is 11.8 Å². The normalized spacial score (nSPS) is 22.0. The maximum Gasteiger partial charge on any atom is 0.573 e. The van der Waals surface area contributed by atoms with Crippen LogP contribution in [0.15, 0.2) is 48.5 Å². The van der Waals surface area contributed by atoms with E-state index in [4.69, 9.17) is 5.73 Å². The lowest BCUT2D eigenvalue weighted by Gasteiger charge is -2.23. The second-order valence-electron chi connectivity index (χ2n) is 8.47. The third kappa shape index (κ3) is 4.72. The predicted molar refractivity (Wildman–Crippen MR) is 112 cm³/mol. The number of amides is 2. The van der Waals surface area contributed by atoms with E-state index < -0.39 is 17.9 Å². The Morgan fingerprint density at radius 3 is 2.47 bits per heavy atom. The van der Waals surface area contributed by atoms with E-state index in [0.29, 0.717) is 25.7 Å². The van der Waals surface area contributed by atoms with Crippen molar-refractivity contribution in [2.45, 2.75) is 49.5 Å². The van der Waals surface area contributed by atoms with Gasteiger partial charge in [-0.1, -0.05) is 30.3 Å². The van der Waals surface area contributed by atoms with Crippen LogP contribution in [0.4, 0.5) is 18.9 Å².